The van der Waals surface area contributed by atoms with Gasteiger partial charge >= 0.3 is 0 Å². The maximum Gasteiger partial charge on any atom is 0.269 e. The van der Waals surface area contributed by atoms with Crippen molar-refractivity contribution in [3.8, 4) is 0 Å². The lowest BCUT2D eigenvalue weighted by Crippen LogP contribution is -2.13. The fourth-order valence-electron chi connectivity index (χ4n) is 2.73. The first-order valence-electron chi connectivity index (χ1n) is 9.07. The highest BCUT2D eigenvalue weighted by Crippen LogP contribution is 2.29. The Bertz CT molecular complexity index is 1420. The molecule has 0 aliphatic carbocycles. The Labute approximate surface area is 190 Å². The van der Waals surface area contributed by atoms with Crippen molar-refractivity contribution in [1.29, 1.82) is 0 Å². The third-order valence-electron chi connectivity index (χ3n) is 4.28. The minimum Gasteiger partial charge on any atom is -0.301 e. The first-order chi connectivity index (χ1) is 15.3. The molecule has 0 saturated heterocycles. The van der Waals surface area contributed by atoms with E-state index in [4.69, 9.17) is 0 Å². The molecule has 1 amide bonds. The van der Waals surface area contributed by atoms with Gasteiger partial charge in [0.25, 0.3) is 5.69 Å². The summed E-state index contributed by atoms with van der Waals surface area (Å²) in [5.74, 6) is -0.270. The molecule has 1 N–H and O–H groups in total. The molecule has 0 atom stereocenters. The number of thioether (sulfide) groups is 1. The molecule has 0 saturated carbocycles. The number of thiazole rings is 1. The topological polar surface area (TPSA) is 132 Å². The van der Waals surface area contributed by atoms with E-state index in [1.54, 1.807) is 0 Å². The summed E-state index contributed by atoms with van der Waals surface area (Å²) in [6, 6.07) is 16.0. The number of pyridine rings is 1. The number of benzene rings is 2. The maximum atomic E-state index is 12.7. The molecule has 0 aliphatic heterocycles. The molecule has 0 fully saturated rings. The van der Waals surface area contributed by atoms with Gasteiger partial charge in [0.1, 0.15) is 4.21 Å². The number of nitrogens with one attached hydrogen (secondary N) is 1. The maximum absolute atomic E-state index is 12.7. The Hall–Kier alpha value is -3.35. The normalized spacial score (nSPS) is 11.4. The van der Waals surface area contributed by atoms with Gasteiger partial charge in [-0.1, -0.05) is 47.4 Å². The molecule has 12 heteroatoms. The Balaban J connectivity index is 1.40. The lowest BCUT2D eigenvalue weighted by molar-refractivity contribution is -0.384. The number of carbonyl (C=O) groups excluding carboxylic acids is 1. The Morgan fingerprint density at radius 1 is 1.09 bits per heavy atom. The number of nitro benzene ring substituents is 1. The van der Waals surface area contributed by atoms with Gasteiger partial charge in [0.2, 0.25) is 15.7 Å². The molecule has 2 aromatic heterocycles. The van der Waals surface area contributed by atoms with E-state index in [0.29, 0.717) is 5.03 Å². The second-order valence-corrected chi connectivity index (χ2v) is 10.6. The van der Waals surface area contributed by atoms with Crippen LogP contribution in [0.15, 0.2) is 81.0 Å². The van der Waals surface area contributed by atoms with Crippen LogP contribution in [0, 0.1) is 10.1 Å². The molecule has 0 unspecified atom stereocenters. The van der Waals surface area contributed by atoms with Gasteiger partial charge in [-0.05, 0) is 24.3 Å². The molecule has 162 valence electrons. The molecule has 32 heavy (non-hydrogen) atoms. The Morgan fingerprint density at radius 3 is 2.59 bits per heavy atom. The van der Waals surface area contributed by atoms with Crippen molar-refractivity contribution in [3.05, 3.63) is 77.0 Å². The monoisotopic (exact) mass is 486 g/mol. The van der Waals surface area contributed by atoms with Gasteiger partial charge in [-0.25, -0.2) is 18.4 Å². The van der Waals surface area contributed by atoms with Gasteiger partial charge in [-0.2, -0.15) is 0 Å². The number of hydrogen-bond donors (Lipinski definition) is 1. The van der Waals surface area contributed by atoms with E-state index in [2.05, 4.69) is 15.3 Å². The number of anilines is 1. The van der Waals surface area contributed by atoms with Crippen LogP contribution in [-0.4, -0.2) is 35.0 Å². The summed E-state index contributed by atoms with van der Waals surface area (Å²) in [5.41, 5.74) is 0.624. The van der Waals surface area contributed by atoms with E-state index in [1.165, 1.54) is 23.9 Å². The molecule has 0 spiro atoms. The minimum absolute atomic E-state index is 0.0782. The average molecular weight is 487 g/mol. The van der Waals surface area contributed by atoms with Crippen LogP contribution < -0.4 is 5.32 Å². The van der Waals surface area contributed by atoms with Gasteiger partial charge < -0.3 is 5.32 Å². The molecule has 0 radical (unpaired) electrons. The summed E-state index contributed by atoms with van der Waals surface area (Å²) in [4.78, 5) is 30.8. The van der Waals surface area contributed by atoms with Gasteiger partial charge in [-0.15, -0.1) is 0 Å². The van der Waals surface area contributed by atoms with Crippen molar-refractivity contribution >= 4 is 60.6 Å². The lowest BCUT2D eigenvalue weighted by atomic mass is 10.2. The van der Waals surface area contributed by atoms with Crippen LogP contribution >= 0.6 is 23.1 Å². The van der Waals surface area contributed by atoms with E-state index < -0.39 is 14.8 Å². The van der Waals surface area contributed by atoms with Gasteiger partial charge in [0.05, 0.1) is 32.3 Å². The number of fused-ring (bicyclic) bond motifs is 1. The second kappa shape index (κ2) is 9.02. The van der Waals surface area contributed by atoms with E-state index >= 15 is 0 Å². The van der Waals surface area contributed by atoms with E-state index in [-0.39, 0.29) is 31.6 Å². The number of carbonyl (C=O) groups is 1. The van der Waals surface area contributed by atoms with Crippen molar-refractivity contribution in [2.45, 2.75) is 14.1 Å². The summed E-state index contributed by atoms with van der Waals surface area (Å²) in [6.45, 7) is 0. The fourth-order valence-corrected chi connectivity index (χ4v) is 5.85. The number of amides is 1. The van der Waals surface area contributed by atoms with Crippen LogP contribution in [0.4, 0.5) is 10.8 Å². The zero-order chi connectivity index (χ0) is 22.7. The number of nitrogens with zero attached hydrogens (tertiary/aromatic N) is 3. The molecule has 2 aromatic carbocycles. The van der Waals surface area contributed by atoms with E-state index in [1.807, 2.05) is 36.4 Å². The molecule has 4 rings (SSSR count). The summed E-state index contributed by atoms with van der Waals surface area (Å²) in [5, 5.41) is 15.2. The predicted octanol–water partition coefficient (Wildman–Crippen LogP) is 4.16. The number of hydrogen-bond acceptors (Lipinski definition) is 9. The van der Waals surface area contributed by atoms with Gasteiger partial charge in [0.15, 0.2) is 5.13 Å². The van der Waals surface area contributed by atoms with Crippen LogP contribution in [0.25, 0.3) is 10.9 Å². The van der Waals surface area contributed by atoms with Crippen LogP contribution in [-0.2, 0) is 14.6 Å². The molecule has 4 aromatic rings. The van der Waals surface area contributed by atoms with Gasteiger partial charge in [0, 0.05) is 17.5 Å². The van der Waals surface area contributed by atoms with E-state index in [9.17, 15) is 23.3 Å². The van der Waals surface area contributed by atoms with E-state index in [0.717, 1.165) is 40.6 Å². The summed E-state index contributed by atoms with van der Waals surface area (Å²) in [7, 11) is -3.91. The summed E-state index contributed by atoms with van der Waals surface area (Å²) in [6.07, 6.45) is 1.15. The number of aromatic nitrogens is 2. The first-order valence-corrected chi connectivity index (χ1v) is 12.4. The fraction of sp³-hybridized carbons (Fsp3) is 0.0500. The molecule has 2 heterocycles. The van der Waals surface area contributed by atoms with Crippen molar-refractivity contribution < 1.29 is 18.1 Å². The van der Waals surface area contributed by atoms with Crippen molar-refractivity contribution in [2.24, 2.45) is 0 Å². The van der Waals surface area contributed by atoms with Crippen LogP contribution in [0.3, 0.4) is 0 Å². The SMILES string of the molecule is O=C(CSc1ccc2ccccc2n1)Nc1ncc(S(=O)(=O)c2ccc([N+](=O)[O-])cc2)s1. The third kappa shape index (κ3) is 4.77. The van der Waals surface area contributed by atoms with Crippen LogP contribution in [0.1, 0.15) is 0 Å². The summed E-state index contributed by atoms with van der Waals surface area (Å²) < 4.78 is 25.3. The average Bonchev–Trinajstić information content (AvgIpc) is 3.27. The number of rotatable bonds is 7. The van der Waals surface area contributed by atoms with Crippen LogP contribution in [0.2, 0.25) is 0 Å². The molecular weight excluding hydrogens is 472 g/mol. The standard InChI is InChI=1S/C20H14N4O5S3/c25-17(12-30-18-10-5-13-3-1-2-4-16(13)22-18)23-20-21-11-19(31-20)32(28,29)15-8-6-14(7-9-15)24(26)27/h1-11H,12H2,(H,21,23,25). The predicted molar refractivity (Wildman–Crippen MR) is 122 cm³/mol. The lowest BCUT2D eigenvalue weighted by Gasteiger charge is -2.03. The largest absolute Gasteiger partial charge is 0.301 e. The highest BCUT2D eigenvalue weighted by atomic mass is 32.2. The molecule has 0 bridgehead atoms. The number of para-hydroxylation sites is 1. The molecular formula is C20H14N4O5S3. The Morgan fingerprint density at radius 2 is 1.84 bits per heavy atom. The summed E-state index contributed by atoms with van der Waals surface area (Å²) >= 11 is 2.06. The smallest absolute Gasteiger partial charge is 0.269 e. The second-order valence-electron chi connectivity index (χ2n) is 6.42. The Kier molecular flexibility index (Phi) is 6.17. The zero-order valence-electron chi connectivity index (χ0n) is 16.2. The highest BCUT2D eigenvalue weighted by Gasteiger charge is 2.22. The van der Waals surface area contributed by atoms with Crippen molar-refractivity contribution in [3.63, 3.8) is 0 Å². The van der Waals surface area contributed by atoms with Gasteiger partial charge in [-0.3, -0.25) is 14.9 Å². The quantitative estimate of drug-likeness (QED) is 0.234. The number of nitro groups is 1. The van der Waals surface area contributed by atoms with Crippen molar-refractivity contribution in [2.75, 3.05) is 11.1 Å². The zero-order valence-corrected chi connectivity index (χ0v) is 18.6. The first kappa shape index (κ1) is 21.9. The molecule has 0 aliphatic rings. The molecule has 9 nitrogen and oxygen atoms in total. The number of sulfone groups is 1. The minimum atomic E-state index is -3.91. The van der Waals surface area contributed by atoms with Crippen molar-refractivity contribution in [1.82, 2.24) is 9.97 Å². The third-order valence-corrected chi connectivity index (χ3v) is 8.35. The highest BCUT2D eigenvalue weighted by molar-refractivity contribution is 7.99. The van der Waals surface area contributed by atoms with Crippen LogP contribution in [0.5, 0.6) is 0 Å². The number of non-ortho nitro benzene ring substituents is 1.